The summed E-state index contributed by atoms with van der Waals surface area (Å²) < 4.78 is 47.0. The van der Waals surface area contributed by atoms with E-state index in [-0.39, 0.29) is 51.8 Å². The number of nitriles is 1. The number of hydrogen-bond donors (Lipinski definition) is 2. The molecule has 0 bridgehead atoms. The van der Waals surface area contributed by atoms with Gasteiger partial charge in [0, 0.05) is 53.5 Å². The monoisotopic (exact) mass is 687 g/mol. The average Bonchev–Trinajstić information content (AvgIpc) is 3.84. The molecule has 0 aliphatic carbocycles. The van der Waals surface area contributed by atoms with Gasteiger partial charge in [-0.25, -0.2) is 18.6 Å². The zero-order chi connectivity index (χ0) is 34.8. The van der Waals surface area contributed by atoms with Crippen LogP contribution in [0.3, 0.4) is 0 Å². The summed E-state index contributed by atoms with van der Waals surface area (Å²) in [5.41, 5.74) is 0.135. The summed E-state index contributed by atoms with van der Waals surface area (Å²) in [5, 5.41) is 21.3. The normalized spacial score (nSPS) is 16.1. The van der Waals surface area contributed by atoms with Crippen LogP contribution < -0.4 is 15.5 Å². The van der Waals surface area contributed by atoms with E-state index in [1.165, 1.54) is 12.1 Å². The highest BCUT2D eigenvalue weighted by Crippen LogP contribution is 2.48. The second kappa shape index (κ2) is 12.2. The lowest BCUT2D eigenvalue weighted by Gasteiger charge is -2.22. The number of amides is 1. The van der Waals surface area contributed by atoms with Gasteiger partial charge >= 0.3 is 6.09 Å². The Hall–Kier alpha value is -4.91. The molecular formula is C34H35F2N9O3S. The number of anilines is 4. The van der Waals surface area contributed by atoms with Gasteiger partial charge in [0.15, 0.2) is 5.82 Å². The number of aryl methyl sites for hydroxylation is 1. The summed E-state index contributed by atoms with van der Waals surface area (Å²) in [5.74, 6) is -0.148. The van der Waals surface area contributed by atoms with Crippen LogP contribution in [0.4, 0.5) is 36.2 Å². The van der Waals surface area contributed by atoms with Crippen LogP contribution in [0.2, 0.25) is 0 Å². The van der Waals surface area contributed by atoms with Gasteiger partial charge < -0.3 is 24.6 Å². The van der Waals surface area contributed by atoms with Gasteiger partial charge in [0.25, 0.3) is 0 Å². The van der Waals surface area contributed by atoms with Gasteiger partial charge in [-0.2, -0.15) is 15.3 Å². The van der Waals surface area contributed by atoms with Crippen molar-refractivity contribution in [2.75, 3.05) is 42.7 Å². The maximum absolute atomic E-state index is 17.4. The lowest BCUT2D eigenvalue weighted by atomic mass is 9.90. The van der Waals surface area contributed by atoms with Crippen molar-refractivity contribution in [1.82, 2.24) is 24.6 Å². The van der Waals surface area contributed by atoms with Crippen LogP contribution in [0.5, 0.6) is 0 Å². The van der Waals surface area contributed by atoms with Crippen LogP contribution in [-0.2, 0) is 29.7 Å². The van der Waals surface area contributed by atoms with E-state index in [0.29, 0.717) is 51.9 Å². The SMILES string of the molecule is CN(C)[C@H]1CCN(c2nc(Nc3ccnn3C)c3c4c(c(-c5c(F)ccc6sc(NC(=O)OC(C)(C)C)c(C#N)c56)c(F)c3n2)COC4)C1. The number of aromatic nitrogens is 4. The molecule has 0 unspecified atom stereocenters. The molecule has 1 saturated heterocycles. The van der Waals surface area contributed by atoms with Gasteiger partial charge in [0.1, 0.15) is 39.6 Å². The van der Waals surface area contributed by atoms with Crippen LogP contribution >= 0.6 is 11.3 Å². The molecule has 2 aliphatic heterocycles. The molecule has 7 rings (SSSR count). The minimum Gasteiger partial charge on any atom is -0.444 e. The van der Waals surface area contributed by atoms with E-state index >= 15 is 8.78 Å². The number of nitrogens with zero attached hydrogens (tertiary/aromatic N) is 7. The number of nitrogens with one attached hydrogen (secondary N) is 2. The van der Waals surface area contributed by atoms with E-state index in [1.807, 2.05) is 19.0 Å². The Bertz CT molecular complexity index is 2180. The zero-order valence-corrected chi connectivity index (χ0v) is 28.8. The summed E-state index contributed by atoms with van der Waals surface area (Å²) >= 11 is 1.08. The summed E-state index contributed by atoms with van der Waals surface area (Å²) in [6, 6.07) is 6.91. The van der Waals surface area contributed by atoms with Crippen molar-refractivity contribution in [3.63, 3.8) is 0 Å². The Balaban J connectivity index is 1.47. The molecule has 1 fully saturated rings. The third-order valence-electron chi connectivity index (χ3n) is 8.81. The number of halogens is 2. The Morgan fingerprint density at radius 1 is 1.14 bits per heavy atom. The van der Waals surface area contributed by atoms with E-state index in [9.17, 15) is 10.1 Å². The molecule has 12 nitrogen and oxygen atoms in total. The van der Waals surface area contributed by atoms with E-state index < -0.39 is 23.3 Å². The first-order chi connectivity index (χ1) is 23.3. The smallest absolute Gasteiger partial charge is 0.412 e. The third-order valence-corrected chi connectivity index (χ3v) is 9.88. The quantitative estimate of drug-likeness (QED) is 0.200. The maximum Gasteiger partial charge on any atom is 0.412 e. The Kier molecular flexibility index (Phi) is 8.13. The predicted octanol–water partition coefficient (Wildman–Crippen LogP) is 6.66. The molecule has 0 spiro atoms. The van der Waals surface area contributed by atoms with Crippen molar-refractivity contribution in [3.05, 3.63) is 52.7 Å². The van der Waals surface area contributed by atoms with Crippen molar-refractivity contribution in [2.24, 2.45) is 7.05 Å². The van der Waals surface area contributed by atoms with Gasteiger partial charge in [-0.05, 0) is 64.5 Å². The van der Waals surface area contributed by atoms with Gasteiger partial charge in [-0.3, -0.25) is 10.00 Å². The number of thiophene rings is 1. The molecule has 5 aromatic rings. The minimum absolute atomic E-state index is 0.000495. The highest BCUT2D eigenvalue weighted by Gasteiger charge is 2.34. The summed E-state index contributed by atoms with van der Waals surface area (Å²) in [4.78, 5) is 26.6. The maximum atomic E-state index is 17.4. The molecule has 1 atom stereocenters. The van der Waals surface area contributed by atoms with Crippen LogP contribution in [0, 0.1) is 23.0 Å². The van der Waals surface area contributed by atoms with Crippen LogP contribution in [0.15, 0.2) is 24.4 Å². The van der Waals surface area contributed by atoms with Gasteiger partial charge in [-0.1, -0.05) is 0 Å². The topological polar surface area (TPSA) is 133 Å². The predicted molar refractivity (Wildman–Crippen MR) is 184 cm³/mol. The molecule has 0 saturated carbocycles. The van der Waals surface area contributed by atoms with Crippen LogP contribution in [0.1, 0.15) is 43.9 Å². The molecule has 2 aromatic carbocycles. The van der Waals surface area contributed by atoms with Crippen molar-refractivity contribution in [2.45, 2.75) is 52.0 Å². The molecular weight excluding hydrogens is 652 g/mol. The molecule has 0 radical (unpaired) electrons. The second-order valence-corrected chi connectivity index (χ2v) is 14.4. The van der Waals surface area contributed by atoms with Crippen LogP contribution in [-0.4, -0.2) is 69.6 Å². The first kappa shape index (κ1) is 32.6. The van der Waals surface area contributed by atoms with Crippen molar-refractivity contribution >= 4 is 61.0 Å². The number of rotatable bonds is 6. The molecule has 2 N–H and O–H groups in total. The summed E-state index contributed by atoms with van der Waals surface area (Å²) in [6.45, 7) is 6.60. The zero-order valence-electron chi connectivity index (χ0n) is 27.9. The number of fused-ring (bicyclic) bond motifs is 4. The fraction of sp³-hybridized carbons (Fsp3) is 0.382. The van der Waals surface area contributed by atoms with E-state index in [0.717, 1.165) is 17.8 Å². The van der Waals surface area contributed by atoms with E-state index in [2.05, 4.69) is 26.7 Å². The number of carbonyl (C=O) groups is 1. The van der Waals surface area contributed by atoms with Gasteiger partial charge in [-0.15, -0.1) is 11.3 Å². The lowest BCUT2D eigenvalue weighted by Crippen LogP contribution is -2.32. The number of ether oxygens (including phenoxy) is 2. The van der Waals surface area contributed by atoms with Crippen molar-refractivity contribution in [1.29, 1.82) is 5.26 Å². The Morgan fingerprint density at radius 3 is 2.59 bits per heavy atom. The lowest BCUT2D eigenvalue weighted by molar-refractivity contribution is 0.0636. The summed E-state index contributed by atoms with van der Waals surface area (Å²) in [7, 11) is 5.82. The van der Waals surface area contributed by atoms with E-state index in [4.69, 9.17) is 19.4 Å². The number of hydrogen-bond acceptors (Lipinski definition) is 11. The molecule has 49 heavy (non-hydrogen) atoms. The molecule has 2 aliphatic rings. The number of carbonyl (C=O) groups excluding carboxylic acids is 1. The Labute approximate surface area is 285 Å². The van der Waals surface area contributed by atoms with E-state index in [1.54, 1.807) is 44.8 Å². The minimum atomic E-state index is -0.785. The first-order valence-corrected chi connectivity index (χ1v) is 16.6. The van der Waals surface area contributed by atoms with Gasteiger partial charge in [0.05, 0.1) is 30.4 Å². The summed E-state index contributed by atoms with van der Waals surface area (Å²) in [6.07, 6.45) is 1.76. The molecule has 254 valence electrons. The van der Waals surface area contributed by atoms with Crippen molar-refractivity contribution < 1.29 is 23.0 Å². The largest absolute Gasteiger partial charge is 0.444 e. The fourth-order valence-corrected chi connectivity index (χ4v) is 7.52. The fourth-order valence-electron chi connectivity index (χ4n) is 6.48. The number of likely N-dealkylation sites (N-methyl/N-ethyl adjacent to an activating group) is 1. The molecule has 15 heteroatoms. The molecule has 5 heterocycles. The third kappa shape index (κ3) is 5.79. The average molecular weight is 688 g/mol. The van der Waals surface area contributed by atoms with Crippen molar-refractivity contribution in [3.8, 4) is 17.2 Å². The highest BCUT2D eigenvalue weighted by atomic mass is 32.1. The first-order valence-electron chi connectivity index (χ1n) is 15.8. The number of benzene rings is 2. The second-order valence-electron chi connectivity index (χ2n) is 13.4. The standard InChI is InChI=1S/C34H35F2N9O3S/c1-34(2,3)48-33(46)42-31-18(13-37)24-22(49-31)8-7-21(35)27(24)25-19-15-47-16-20(19)26-29(28(25)36)40-32(45-12-10-17(14-45)43(4)5)41-30(26)39-23-9-11-38-44(23)6/h7-9,11,17H,10,12,14-16H2,1-6H3,(H,42,46)(H,39,40,41)/t17-/m0/s1. The highest BCUT2D eigenvalue weighted by molar-refractivity contribution is 7.23. The molecule has 1 amide bonds. The van der Waals surface area contributed by atoms with Gasteiger partial charge in [0.2, 0.25) is 5.95 Å². The Morgan fingerprint density at radius 2 is 1.92 bits per heavy atom. The molecule has 3 aromatic heterocycles. The van der Waals surface area contributed by atoms with Crippen LogP contribution in [0.25, 0.3) is 32.1 Å².